The number of rotatable bonds is 5. The molecular weight excluding hydrogens is 373 g/mol. The number of nitrogens with one attached hydrogen (secondary N) is 1. The summed E-state index contributed by atoms with van der Waals surface area (Å²) in [5.41, 5.74) is 7.05. The monoisotopic (exact) mass is 401 g/mol. The normalized spacial score (nSPS) is 18.3. The SMILES string of the molecule is CCCO.NC(=O)[C@H]1CCCC(NC(=O)c2ccc(-c3cccc(F)c3)nc2)C1. The van der Waals surface area contributed by atoms with Crippen molar-refractivity contribution in [3.63, 3.8) is 0 Å². The van der Waals surface area contributed by atoms with Crippen molar-refractivity contribution in [3.05, 3.63) is 54.0 Å². The topological polar surface area (TPSA) is 105 Å². The van der Waals surface area contributed by atoms with Gasteiger partial charge in [-0.05, 0) is 49.9 Å². The van der Waals surface area contributed by atoms with Crippen LogP contribution in [-0.4, -0.2) is 34.6 Å². The maximum Gasteiger partial charge on any atom is 0.253 e. The number of pyridine rings is 1. The molecular formula is C22H28FN3O3. The molecule has 1 heterocycles. The fraction of sp³-hybridized carbons (Fsp3) is 0.409. The lowest BCUT2D eigenvalue weighted by Crippen LogP contribution is -2.41. The highest BCUT2D eigenvalue weighted by atomic mass is 19.1. The third-order valence-electron chi connectivity index (χ3n) is 4.78. The summed E-state index contributed by atoms with van der Waals surface area (Å²) in [6.45, 7) is 2.25. The number of halogens is 1. The number of carbonyl (C=O) groups excluding carboxylic acids is 2. The summed E-state index contributed by atoms with van der Waals surface area (Å²) in [6.07, 6.45) is 5.42. The van der Waals surface area contributed by atoms with E-state index in [1.165, 1.54) is 18.3 Å². The molecule has 6 nitrogen and oxygen atoms in total. The molecule has 4 N–H and O–H groups in total. The highest BCUT2D eigenvalue weighted by Gasteiger charge is 2.26. The minimum Gasteiger partial charge on any atom is -0.396 e. The van der Waals surface area contributed by atoms with E-state index in [2.05, 4.69) is 10.3 Å². The Morgan fingerprint density at radius 1 is 1.28 bits per heavy atom. The Hall–Kier alpha value is -2.80. The van der Waals surface area contributed by atoms with E-state index >= 15 is 0 Å². The van der Waals surface area contributed by atoms with Crippen molar-refractivity contribution in [2.24, 2.45) is 11.7 Å². The molecule has 0 spiro atoms. The van der Waals surface area contributed by atoms with E-state index < -0.39 is 0 Å². The molecule has 1 fully saturated rings. The standard InChI is InChI=1S/C19H20FN3O2.C3H8O/c20-15-5-1-3-12(9-15)17-8-7-14(11-22-17)19(25)23-16-6-2-4-13(10-16)18(21)24;1-2-3-4/h1,3,5,7-9,11,13,16H,2,4,6,10H2,(H2,21,24)(H,23,25);4H,2-3H2,1H3/t13-,16?;/m0./s1. The smallest absolute Gasteiger partial charge is 0.253 e. The van der Waals surface area contributed by atoms with Gasteiger partial charge in [-0.2, -0.15) is 0 Å². The number of carbonyl (C=O) groups is 2. The Labute approximate surface area is 170 Å². The van der Waals surface area contributed by atoms with Crippen LogP contribution in [0, 0.1) is 11.7 Å². The van der Waals surface area contributed by atoms with E-state index in [0.29, 0.717) is 29.8 Å². The maximum atomic E-state index is 13.3. The number of aliphatic hydroxyl groups is 1. The molecule has 1 aromatic carbocycles. The largest absolute Gasteiger partial charge is 0.396 e. The van der Waals surface area contributed by atoms with Gasteiger partial charge in [0.1, 0.15) is 5.82 Å². The van der Waals surface area contributed by atoms with Gasteiger partial charge in [0.25, 0.3) is 5.91 Å². The number of hydrogen-bond donors (Lipinski definition) is 3. The van der Waals surface area contributed by atoms with Crippen LogP contribution in [0.1, 0.15) is 49.4 Å². The zero-order valence-electron chi connectivity index (χ0n) is 16.6. The van der Waals surface area contributed by atoms with Gasteiger partial charge in [-0.15, -0.1) is 0 Å². The summed E-state index contributed by atoms with van der Waals surface area (Å²) >= 11 is 0. The van der Waals surface area contributed by atoms with Crippen LogP contribution in [0.25, 0.3) is 11.3 Å². The Kier molecular flexibility index (Phi) is 8.73. The molecule has 1 aliphatic carbocycles. The third-order valence-corrected chi connectivity index (χ3v) is 4.78. The van der Waals surface area contributed by atoms with Gasteiger partial charge in [-0.1, -0.05) is 25.5 Å². The van der Waals surface area contributed by atoms with Crippen LogP contribution in [0.5, 0.6) is 0 Å². The lowest BCUT2D eigenvalue weighted by Gasteiger charge is -2.27. The van der Waals surface area contributed by atoms with Crippen LogP contribution in [0.15, 0.2) is 42.6 Å². The predicted molar refractivity (Wildman–Crippen MR) is 109 cm³/mol. The van der Waals surface area contributed by atoms with Crippen LogP contribution >= 0.6 is 0 Å². The Bertz CT molecular complexity index is 809. The fourth-order valence-electron chi connectivity index (χ4n) is 3.19. The lowest BCUT2D eigenvalue weighted by molar-refractivity contribution is -0.122. The lowest BCUT2D eigenvalue weighted by atomic mass is 9.85. The second kappa shape index (κ2) is 11.3. The quantitative estimate of drug-likeness (QED) is 0.716. The molecule has 1 aromatic heterocycles. The van der Waals surface area contributed by atoms with Crippen LogP contribution < -0.4 is 11.1 Å². The van der Waals surface area contributed by atoms with Crippen molar-refractivity contribution in [1.82, 2.24) is 10.3 Å². The first-order valence-corrected chi connectivity index (χ1v) is 9.87. The number of aliphatic hydroxyl groups excluding tert-OH is 1. The zero-order chi connectivity index (χ0) is 21.2. The molecule has 0 bridgehead atoms. The summed E-state index contributed by atoms with van der Waals surface area (Å²) in [4.78, 5) is 27.9. The Balaban J connectivity index is 0.000000687. The molecule has 29 heavy (non-hydrogen) atoms. The molecule has 1 saturated carbocycles. The highest BCUT2D eigenvalue weighted by Crippen LogP contribution is 2.24. The van der Waals surface area contributed by atoms with Gasteiger partial charge in [0.15, 0.2) is 0 Å². The van der Waals surface area contributed by atoms with Gasteiger partial charge >= 0.3 is 0 Å². The highest BCUT2D eigenvalue weighted by molar-refractivity contribution is 5.94. The van der Waals surface area contributed by atoms with Gasteiger partial charge in [-0.3, -0.25) is 14.6 Å². The number of nitrogens with two attached hydrogens (primary N) is 1. The first-order valence-electron chi connectivity index (χ1n) is 9.87. The molecule has 0 aliphatic heterocycles. The van der Waals surface area contributed by atoms with E-state index in [9.17, 15) is 14.0 Å². The average molecular weight is 401 g/mol. The second-order valence-corrected chi connectivity index (χ2v) is 7.10. The van der Waals surface area contributed by atoms with Crippen LogP contribution in [0.2, 0.25) is 0 Å². The summed E-state index contributed by atoms with van der Waals surface area (Å²) in [5, 5.41) is 10.8. The number of primary amides is 1. The second-order valence-electron chi connectivity index (χ2n) is 7.10. The van der Waals surface area contributed by atoms with E-state index in [1.54, 1.807) is 24.3 Å². The summed E-state index contributed by atoms with van der Waals surface area (Å²) in [7, 11) is 0. The number of amides is 2. The summed E-state index contributed by atoms with van der Waals surface area (Å²) in [6, 6.07) is 9.44. The van der Waals surface area contributed by atoms with E-state index in [0.717, 1.165) is 25.7 Å². The van der Waals surface area contributed by atoms with Gasteiger partial charge in [0.05, 0.1) is 11.3 Å². The maximum absolute atomic E-state index is 13.3. The molecule has 3 rings (SSSR count). The first-order chi connectivity index (χ1) is 13.9. The Morgan fingerprint density at radius 2 is 2.03 bits per heavy atom. The van der Waals surface area contributed by atoms with E-state index in [4.69, 9.17) is 10.8 Å². The number of aromatic nitrogens is 1. The molecule has 2 amide bonds. The molecule has 1 aliphatic rings. The minimum absolute atomic E-state index is 0.0540. The molecule has 0 saturated heterocycles. The van der Waals surface area contributed by atoms with Crippen molar-refractivity contribution >= 4 is 11.8 Å². The number of hydrogen-bond acceptors (Lipinski definition) is 4. The van der Waals surface area contributed by atoms with Gasteiger partial charge in [0.2, 0.25) is 5.91 Å². The Morgan fingerprint density at radius 3 is 2.62 bits per heavy atom. The molecule has 156 valence electrons. The van der Waals surface area contributed by atoms with E-state index in [1.807, 2.05) is 6.92 Å². The van der Waals surface area contributed by atoms with Crippen molar-refractivity contribution in [1.29, 1.82) is 0 Å². The summed E-state index contributed by atoms with van der Waals surface area (Å²) in [5.74, 6) is -1.04. The third kappa shape index (κ3) is 6.94. The number of nitrogens with zero attached hydrogens (tertiary/aromatic N) is 1. The van der Waals surface area contributed by atoms with E-state index in [-0.39, 0.29) is 29.6 Å². The van der Waals surface area contributed by atoms with Crippen molar-refractivity contribution in [2.75, 3.05) is 6.61 Å². The number of benzene rings is 1. The van der Waals surface area contributed by atoms with Gasteiger partial charge < -0.3 is 16.2 Å². The van der Waals surface area contributed by atoms with Gasteiger partial charge in [0, 0.05) is 30.3 Å². The molecule has 1 unspecified atom stereocenters. The minimum atomic E-state index is -0.331. The first kappa shape index (κ1) is 22.5. The van der Waals surface area contributed by atoms with Gasteiger partial charge in [-0.25, -0.2) is 4.39 Å². The molecule has 2 aromatic rings. The van der Waals surface area contributed by atoms with Crippen LogP contribution in [0.4, 0.5) is 4.39 Å². The van der Waals surface area contributed by atoms with Crippen molar-refractivity contribution in [2.45, 2.75) is 45.1 Å². The molecule has 7 heteroatoms. The predicted octanol–water partition coefficient (Wildman–Crippen LogP) is 3.05. The van der Waals surface area contributed by atoms with Crippen molar-refractivity contribution in [3.8, 4) is 11.3 Å². The zero-order valence-corrected chi connectivity index (χ0v) is 16.6. The summed E-state index contributed by atoms with van der Waals surface area (Å²) < 4.78 is 13.3. The average Bonchev–Trinajstić information content (AvgIpc) is 2.74. The van der Waals surface area contributed by atoms with Crippen LogP contribution in [0.3, 0.4) is 0 Å². The molecule has 2 atom stereocenters. The van der Waals surface area contributed by atoms with Crippen molar-refractivity contribution < 1.29 is 19.1 Å². The van der Waals surface area contributed by atoms with Crippen LogP contribution in [-0.2, 0) is 4.79 Å². The fourth-order valence-corrected chi connectivity index (χ4v) is 3.19. The molecule has 0 radical (unpaired) electrons.